The number of hydrogen-bond donors (Lipinski definition) is 1. The van der Waals surface area contributed by atoms with Gasteiger partial charge in [-0.1, -0.05) is 18.2 Å². The van der Waals surface area contributed by atoms with Gasteiger partial charge in [0.15, 0.2) is 6.61 Å². The van der Waals surface area contributed by atoms with Crippen LogP contribution >= 0.6 is 0 Å². The van der Waals surface area contributed by atoms with Crippen molar-refractivity contribution in [3.63, 3.8) is 0 Å². The van der Waals surface area contributed by atoms with Gasteiger partial charge < -0.3 is 15.4 Å². The first kappa shape index (κ1) is 14.1. The van der Waals surface area contributed by atoms with Crippen LogP contribution in [0.3, 0.4) is 0 Å². The van der Waals surface area contributed by atoms with E-state index in [-0.39, 0.29) is 12.5 Å². The van der Waals surface area contributed by atoms with E-state index in [1.54, 1.807) is 17.0 Å². The summed E-state index contributed by atoms with van der Waals surface area (Å²) in [5, 5.41) is 8.83. The standard InChI is InChI=1S/C17H15N3O2/c18-8-12-1-3-13(4-2-12)10-20-15-6-5-14(9-19)7-16(15)22-11-17(20)21/h1-7H,9-11,19H2. The number of nitrogens with zero attached hydrogens (tertiary/aromatic N) is 2. The summed E-state index contributed by atoms with van der Waals surface area (Å²) in [6.07, 6.45) is 0. The van der Waals surface area contributed by atoms with Crippen molar-refractivity contribution in [3.05, 3.63) is 59.2 Å². The Hall–Kier alpha value is -2.84. The number of carbonyl (C=O) groups excluding carboxylic acids is 1. The van der Waals surface area contributed by atoms with Crippen molar-refractivity contribution < 1.29 is 9.53 Å². The van der Waals surface area contributed by atoms with Crippen LogP contribution < -0.4 is 15.4 Å². The number of hydrogen-bond acceptors (Lipinski definition) is 4. The maximum Gasteiger partial charge on any atom is 0.265 e. The van der Waals surface area contributed by atoms with Crippen LogP contribution in [0.15, 0.2) is 42.5 Å². The maximum absolute atomic E-state index is 12.2. The lowest BCUT2D eigenvalue weighted by molar-refractivity contribution is -0.121. The lowest BCUT2D eigenvalue weighted by atomic mass is 10.1. The normalized spacial score (nSPS) is 13.3. The van der Waals surface area contributed by atoms with E-state index in [0.29, 0.717) is 24.4 Å². The molecule has 1 amide bonds. The number of amides is 1. The first-order valence-corrected chi connectivity index (χ1v) is 6.96. The molecule has 2 aromatic carbocycles. The van der Waals surface area contributed by atoms with Crippen LogP contribution in [0.25, 0.3) is 0 Å². The molecule has 0 aromatic heterocycles. The highest BCUT2D eigenvalue weighted by molar-refractivity contribution is 5.97. The number of ether oxygens (including phenoxy) is 1. The molecule has 0 unspecified atom stereocenters. The zero-order valence-electron chi connectivity index (χ0n) is 12.0. The summed E-state index contributed by atoms with van der Waals surface area (Å²) in [5.41, 5.74) is 8.91. The first-order valence-electron chi connectivity index (χ1n) is 6.96. The fraction of sp³-hybridized carbons (Fsp3) is 0.176. The van der Waals surface area contributed by atoms with Gasteiger partial charge in [0.05, 0.1) is 23.9 Å². The molecule has 5 nitrogen and oxygen atoms in total. The summed E-state index contributed by atoms with van der Waals surface area (Å²) in [6, 6.07) is 14.9. The van der Waals surface area contributed by atoms with E-state index >= 15 is 0 Å². The van der Waals surface area contributed by atoms with Crippen LogP contribution in [-0.4, -0.2) is 12.5 Å². The monoisotopic (exact) mass is 293 g/mol. The van der Waals surface area contributed by atoms with Crippen molar-refractivity contribution in [1.29, 1.82) is 5.26 Å². The van der Waals surface area contributed by atoms with Crippen LogP contribution in [0.2, 0.25) is 0 Å². The molecule has 0 radical (unpaired) electrons. The average Bonchev–Trinajstić information content (AvgIpc) is 2.57. The molecular formula is C17H15N3O2. The second-order valence-corrected chi connectivity index (χ2v) is 5.08. The Balaban J connectivity index is 1.90. The highest BCUT2D eigenvalue weighted by Crippen LogP contribution is 2.33. The zero-order chi connectivity index (χ0) is 15.5. The van der Waals surface area contributed by atoms with Gasteiger partial charge in [-0.25, -0.2) is 0 Å². The van der Waals surface area contributed by atoms with E-state index in [2.05, 4.69) is 6.07 Å². The lowest BCUT2D eigenvalue weighted by Crippen LogP contribution is -2.38. The van der Waals surface area contributed by atoms with E-state index in [0.717, 1.165) is 16.8 Å². The third kappa shape index (κ3) is 2.65. The van der Waals surface area contributed by atoms with Crippen LogP contribution in [0.1, 0.15) is 16.7 Å². The van der Waals surface area contributed by atoms with E-state index in [4.69, 9.17) is 15.7 Å². The molecule has 1 aliphatic heterocycles. The Kier molecular flexibility index (Phi) is 3.77. The third-order valence-electron chi connectivity index (χ3n) is 3.63. The first-order chi connectivity index (χ1) is 10.7. The molecular weight excluding hydrogens is 278 g/mol. The topological polar surface area (TPSA) is 79.3 Å². The van der Waals surface area contributed by atoms with Crippen molar-refractivity contribution in [1.82, 2.24) is 0 Å². The highest BCUT2D eigenvalue weighted by Gasteiger charge is 2.25. The molecule has 5 heteroatoms. The van der Waals surface area contributed by atoms with Crippen molar-refractivity contribution in [2.24, 2.45) is 5.73 Å². The molecule has 22 heavy (non-hydrogen) atoms. The second kappa shape index (κ2) is 5.88. The van der Waals surface area contributed by atoms with Gasteiger partial charge in [-0.05, 0) is 35.4 Å². The second-order valence-electron chi connectivity index (χ2n) is 5.08. The summed E-state index contributed by atoms with van der Waals surface area (Å²) in [4.78, 5) is 13.9. The number of carbonyl (C=O) groups is 1. The van der Waals surface area contributed by atoms with Gasteiger partial charge in [0.25, 0.3) is 5.91 Å². The smallest absolute Gasteiger partial charge is 0.265 e. The molecule has 0 fully saturated rings. The summed E-state index contributed by atoms with van der Waals surface area (Å²) in [6.45, 7) is 0.903. The summed E-state index contributed by atoms with van der Waals surface area (Å²) < 4.78 is 5.49. The number of fused-ring (bicyclic) bond motifs is 1. The highest BCUT2D eigenvalue weighted by atomic mass is 16.5. The SMILES string of the molecule is N#Cc1ccc(CN2C(=O)COc3cc(CN)ccc32)cc1. The molecule has 0 aliphatic carbocycles. The Bertz CT molecular complexity index is 747. The Labute approximate surface area is 128 Å². The van der Waals surface area contributed by atoms with Crippen LogP contribution in [0, 0.1) is 11.3 Å². The molecule has 2 aromatic rings. The predicted octanol–water partition coefficient (Wildman–Crippen LogP) is 1.94. The number of nitriles is 1. The molecule has 110 valence electrons. The fourth-order valence-electron chi connectivity index (χ4n) is 2.42. The molecule has 1 aliphatic rings. The molecule has 1 heterocycles. The van der Waals surface area contributed by atoms with Crippen LogP contribution in [0.5, 0.6) is 5.75 Å². The molecule has 0 bridgehead atoms. The molecule has 2 N–H and O–H groups in total. The van der Waals surface area contributed by atoms with Gasteiger partial charge in [-0.3, -0.25) is 4.79 Å². The van der Waals surface area contributed by atoms with Gasteiger partial charge in [-0.15, -0.1) is 0 Å². The number of benzene rings is 2. The number of rotatable bonds is 3. The molecule has 3 rings (SSSR count). The minimum atomic E-state index is -0.0858. The van der Waals surface area contributed by atoms with Crippen molar-refractivity contribution in [2.45, 2.75) is 13.1 Å². The van der Waals surface area contributed by atoms with E-state index in [1.807, 2.05) is 30.3 Å². The molecule has 0 atom stereocenters. The minimum absolute atomic E-state index is 0.0251. The van der Waals surface area contributed by atoms with Crippen molar-refractivity contribution >= 4 is 11.6 Å². The van der Waals surface area contributed by atoms with Gasteiger partial charge >= 0.3 is 0 Å². The molecule has 0 spiro atoms. The van der Waals surface area contributed by atoms with Gasteiger partial charge in [0, 0.05) is 6.54 Å². The van der Waals surface area contributed by atoms with E-state index in [1.165, 1.54) is 0 Å². The third-order valence-corrected chi connectivity index (χ3v) is 3.63. The Morgan fingerprint density at radius 2 is 1.91 bits per heavy atom. The molecule has 0 saturated heterocycles. The van der Waals surface area contributed by atoms with Gasteiger partial charge in [-0.2, -0.15) is 5.26 Å². The zero-order valence-corrected chi connectivity index (χ0v) is 12.0. The largest absolute Gasteiger partial charge is 0.482 e. The lowest BCUT2D eigenvalue weighted by Gasteiger charge is -2.29. The predicted molar refractivity (Wildman–Crippen MR) is 82.2 cm³/mol. The summed E-state index contributed by atoms with van der Waals surface area (Å²) in [5.74, 6) is 0.591. The van der Waals surface area contributed by atoms with Crippen molar-refractivity contribution in [3.8, 4) is 11.8 Å². The van der Waals surface area contributed by atoms with Gasteiger partial charge in [0.2, 0.25) is 0 Å². The Morgan fingerprint density at radius 3 is 2.59 bits per heavy atom. The van der Waals surface area contributed by atoms with E-state index < -0.39 is 0 Å². The molecule has 0 saturated carbocycles. The Morgan fingerprint density at radius 1 is 1.18 bits per heavy atom. The van der Waals surface area contributed by atoms with Crippen LogP contribution in [0.4, 0.5) is 5.69 Å². The average molecular weight is 293 g/mol. The summed E-state index contributed by atoms with van der Waals surface area (Å²) in [7, 11) is 0. The van der Waals surface area contributed by atoms with Gasteiger partial charge in [0.1, 0.15) is 5.75 Å². The maximum atomic E-state index is 12.2. The quantitative estimate of drug-likeness (QED) is 0.938. The summed E-state index contributed by atoms with van der Waals surface area (Å²) >= 11 is 0. The number of anilines is 1. The fourth-order valence-corrected chi connectivity index (χ4v) is 2.42. The van der Waals surface area contributed by atoms with Crippen LogP contribution in [-0.2, 0) is 17.9 Å². The van der Waals surface area contributed by atoms with Crippen molar-refractivity contribution in [2.75, 3.05) is 11.5 Å². The van der Waals surface area contributed by atoms with E-state index in [9.17, 15) is 4.79 Å². The minimum Gasteiger partial charge on any atom is -0.482 e. The number of nitrogens with two attached hydrogens (primary N) is 1.